The van der Waals surface area contributed by atoms with E-state index < -0.39 is 6.17 Å². The third-order valence-corrected chi connectivity index (χ3v) is 5.38. The average molecular weight is 414 g/mol. The van der Waals surface area contributed by atoms with Gasteiger partial charge in [0, 0.05) is 36.8 Å². The Kier molecular flexibility index (Phi) is 5.65. The summed E-state index contributed by atoms with van der Waals surface area (Å²) in [5, 5.41) is 0.502. The molecule has 3 aromatic rings. The Morgan fingerprint density at radius 3 is 2.76 bits per heavy atom. The zero-order valence-corrected chi connectivity index (χ0v) is 16.8. The third kappa shape index (κ3) is 4.33. The summed E-state index contributed by atoms with van der Waals surface area (Å²) in [5.74, 6) is 1.93. The van der Waals surface area contributed by atoms with Gasteiger partial charge in [0.25, 0.3) is 0 Å². The predicted octanol–water partition coefficient (Wildman–Crippen LogP) is 4.89. The van der Waals surface area contributed by atoms with E-state index in [1.54, 1.807) is 18.2 Å². The number of nitrogens with zero attached hydrogens (tertiary/aromatic N) is 3. The molecule has 29 heavy (non-hydrogen) atoms. The van der Waals surface area contributed by atoms with Gasteiger partial charge in [0.05, 0.1) is 24.0 Å². The summed E-state index contributed by atoms with van der Waals surface area (Å²) < 4.78 is 21.3. The van der Waals surface area contributed by atoms with E-state index in [4.69, 9.17) is 16.3 Å². The van der Waals surface area contributed by atoms with Crippen LogP contribution in [0.3, 0.4) is 0 Å². The summed E-state index contributed by atoms with van der Waals surface area (Å²) in [5.41, 5.74) is 2.40. The van der Waals surface area contributed by atoms with Crippen LogP contribution in [0.25, 0.3) is 11.3 Å². The Bertz CT molecular complexity index is 1020. The summed E-state index contributed by atoms with van der Waals surface area (Å²) >= 11 is 6.00. The second kappa shape index (κ2) is 8.35. The van der Waals surface area contributed by atoms with E-state index in [9.17, 15) is 9.18 Å². The van der Waals surface area contributed by atoms with Gasteiger partial charge >= 0.3 is 0 Å². The number of carbonyl (C=O) groups is 1. The molecule has 0 unspecified atom stereocenters. The maximum Gasteiger partial charge on any atom is 0.153 e. The van der Waals surface area contributed by atoms with Crippen molar-refractivity contribution >= 4 is 17.9 Å². The van der Waals surface area contributed by atoms with Crippen molar-refractivity contribution in [1.29, 1.82) is 0 Å². The molecule has 2 heterocycles. The first-order valence-electron chi connectivity index (χ1n) is 9.43. The Balaban J connectivity index is 1.50. The van der Waals surface area contributed by atoms with Crippen LogP contribution in [0, 0.1) is 0 Å². The Hall–Kier alpha value is -2.70. The fourth-order valence-corrected chi connectivity index (χ4v) is 3.67. The maximum absolute atomic E-state index is 13.4. The van der Waals surface area contributed by atoms with E-state index in [0.29, 0.717) is 41.6 Å². The molecule has 1 fully saturated rings. The van der Waals surface area contributed by atoms with Crippen molar-refractivity contribution in [3.8, 4) is 22.8 Å². The first-order valence-corrected chi connectivity index (χ1v) is 9.81. The van der Waals surface area contributed by atoms with Crippen LogP contribution in [0.5, 0.6) is 11.5 Å². The zero-order valence-electron chi connectivity index (χ0n) is 16.0. The quantitative estimate of drug-likeness (QED) is 0.540. The number of imidazole rings is 1. The van der Waals surface area contributed by atoms with Crippen molar-refractivity contribution in [2.24, 2.45) is 7.05 Å². The van der Waals surface area contributed by atoms with Gasteiger partial charge < -0.3 is 9.30 Å². The van der Waals surface area contributed by atoms with E-state index in [2.05, 4.69) is 9.88 Å². The lowest BCUT2D eigenvalue weighted by atomic mass is 10.1. The van der Waals surface area contributed by atoms with Gasteiger partial charge in [0.1, 0.15) is 23.5 Å². The molecule has 1 saturated heterocycles. The molecule has 1 aliphatic rings. The number of ether oxygens (including phenoxy) is 1. The molecule has 7 heteroatoms. The molecule has 0 amide bonds. The second-order valence-corrected chi connectivity index (χ2v) is 7.60. The first-order chi connectivity index (χ1) is 14.0. The SMILES string of the molecule is Cn1c(-c2ccc(Oc3cc(Cl)ccc3C=O)cc2)cnc1CN1CC[C@@H](F)C1. The average Bonchev–Trinajstić information content (AvgIpc) is 3.29. The normalized spacial score (nSPS) is 16.9. The van der Waals surface area contributed by atoms with Crippen LogP contribution in [0.4, 0.5) is 4.39 Å². The number of rotatable bonds is 6. The Morgan fingerprint density at radius 1 is 1.28 bits per heavy atom. The van der Waals surface area contributed by atoms with Crippen molar-refractivity contribution in [3.05, 3.63) is 65.1 Å². The smallest absolute Gasteiger partial charge is 0.153 e. The van der Waals surface area contributed by atoms with Gasteiger partial charge in [-0.3, -0.25) is 9.69 Å². The second-order valence-electron chi connectivity index (χ2n) is 7.17. The highest BCUT2D eigenvalue weighted by atomic mass is 35.5. The molecule has 0 aliphatic carbocycles. The van der Waals surface area contributed by atoms with E-state index >= 15 is 0 Å². The highest BCUT2D eigenvalue weighted by molar-refractivity contribution is 6.30. The van der Waals surface area contributed by atoms with Gasteiger partial charge in [-0.15, -0.1) is 0 Å². The number of benzene rings is 2. The van der Waals surface area contributed by atoms with Crippen molar-refractivity contribution in [2.45, 2.75) is 19.1 Å². The summed E-state index contributed by atoms with van der Waals surface area (Å²) in [7, 11) is 1.97. The van der Waals surface area contributed by atoms with Crippen LogP contribution in [0.1, 0.15) is 22.6 Å². The minimum atomic E-state index is -0.735. The molecule has 5 nitrogen and oxygen atoms in total. The van der Waals surface area contributed by atoms with Gasteiger partial charge in [-0.2, -0.15) is 0 Å². The highest BCUT2D eigenvalue weighted by Gasteiger charge is 2.23. The third-order valence-electron chi connectivity index (χ3n) is 5.14. The van der Waals surface area contributed by atoms with Crippen molar-refractivity contribution in [1.82, 2.24) is 14.5 Å². The van der Waals surface area contributed by atoms with E-state index in [0.717, 1.165) is 29.9 Å². The number of likely N-dealkylation sites (tertiary alicyclic amines) is 1. The van der Waals surface area contributed by atoms with Crippen molar-refractivity contribution in [3.63, 3.8) is 0 Å². The van der Waals surface area contributed by atoms with Crippen LogP contribution < -0.4 is 4.74 Å². The molecule has 0 bridgehead atoms. The molecule has 0 radical (unpaired) electrons. The highest BCUT2D eigenvalue weighted by Crippen LogP contribution is 2.30. The summed E-state index contributed by atoms with van der Waals surface area (Å²) in [6.07, 6.45) is 2.43. The van der Waals surface area contributed by atoms with Gasteiger partial charge in [0.15, 0.2) is 6.29 Å². The summed E-state index contributed by atoms with van der Waals surface area (Å²) in [4.78, 5) is 17.8. The molecule has 0 spiro atoms. The van der Waals surface area contributed by atoms with Gasteiger partial charge in [-0.05, 0) is 42.8 Å². The van der Waals surface area contributed by atoms with Crippen LogP contribution in [0.15, 0.2) is 48.7 Å². The fourth-order valence-electron chi connectivity index (χ4n) is 3.51. The van der Waals surface area contributed by atoms with E-state index in [1.165, 1.54) is 0 Å². The topological polar surface area (TPSA) is 47.4 Å². The number of hydrogen-bond donors (Lipinski definition) is 0. The van der Waals surface area contributed by atoms with Crippen LogP contribution >= 0.6 is 11.6 Å². The lowest BCUT2D eigenvalue weighted by Crippen LogP contribution is -2.22. The number of aromatic nitrogens is 2. The number of carbonyl (C=O) groups excluding carboxylic acids is 1. The molecule has 1 aliphatic heterocycles. The minimum Gasteiger partial charge on any atom is -0.457 e. The summed E-state index contributed by atoms with van der Waals surface area (Å²) in [6.45, 7) is 1.88. The fraction of sp³-hybridized carbons (Fsp3) is 0.273. The van der Waals surface area contributed by atoms with Gasteiger partial charge in [-0.1, -0.05) is 11.6 Å². The standard InChI is InChI=1S/C22H21ClFN3O2/c1-26-20(11-25-22(26)13-27-9-8-18(24)12-27)15-3-6-19(7-4-15)29-21-10-17(23)5-2-16(21)14-28/h2-7,10-11,14,18H,8-9,12-13H2,1H3/t18-/m1/s1. The number of hydrogen-bond acceptors (Lipinski definition) is 4. The van der Waals surface area contributed by atoms with E-state index in [1.807, 2.05) is 42.1 Å². The van der Waals surface area contributed by atoms with E-state index in [-0.39, 0.29) is 0 Å². The maximum atomic E-state index is 13.4. The molecule has 2 aromatic carbocycles. The Labute approximate surface area is 173 Å². The Morgan fingerprint density at radius 2 is 2.07 bits per heavy atom. The lowest BCUT2D eigenvalue weighted by molar-refractivity contribution is 0.112. The molecule has 0 N–H and O–H groups in total. The van der Waals surface area contributed by atoms with Crippen LogP contribution in [-0.2, 0) is 13.6 Å². The number of halogens is 2. The monoisotopic (exact) mass is 413 g/mol. The largest absolute Gasteiger partial charge is 0.457 e. The lowest BCUT2D eigenvalue weighted by Gasteiger charge is -2.15. The zero-order chi connectivity index (χ0) is 20.4. The molecular weight excluding hydrogens is 393 g/mol. The summed E-state index contributed by atoms with van der Waals surface area (Å²) in [6, 6.07) is 12.5. The molecule has 4 rings (SSSR count). The van der Waals surface area contributed by atoms with Gasteiger partial charge in [0.2, 0.25) is 0 Å². The molecule has 1 atom stereocenters. The van der Waals surface area contributed by atoms with Crippen molar-refractivity contribution < 1.29 is 13.9 Å². The molecule has 1 aromatic heterocycles. The first kappa shape index (κ1) is 19.6. The molecule has 150 valence electrons. The van der Waals surface area contributed by atoms with Crippen LogP contribution in [-0.4, -0.2) is 40.0 Å². The predicted molar refractivity (Wildman–Crippen MR) is 110 cm³/mol. The molecule has 0 saturated carbocycles. The number of aldehydes is 1. The van der Waals surface area contributed by atoms with Crippen LogP contribution in [0.2, 0.25) is 5.02 Å². The number of alkyl halides is 1. The minimum absolute atomic E-state index is 0.417. The van der Waals surface area contributed by atoms with Gasteiger partial charge in [-0.25, -0.2) is 9.37 Å². The van der Waals surface area contributed by atoms with Crippen molar-refractivity contribution in [2.75, 3.05) is 13.1 Å². The molecular formula is C22H21ClFN3O2.